The van der Waals surface area contributed by atoms with Crippen LogP contribution < -0.4 is 14.8 Å². The highest BCUT2D eigenvalue weighted by Crippen LogP contribution is 2.50. The van der Waals surface area contributed by atoms with Crippen molar-refractivity contribution in [3.63, 3.8) is 0 Å². The van der Waals surface area contributed by atoms with Gasteiger partial charge in [0.05, 0.1) is 16.5 Å². The van der Waals surface area contributed by atoms with Crippen LogP contribution in [0.25, 0.3) is 0 Å². The zero-order valence-corrected chi connectivity index (χ0v) is 18.5. The Kier molecular flexibility index (Phi) is 5.56. The van der Waals surface area contributed by atoms with Gasteiger partial charge >= 0.3 is 0 Å². The van der Waals surface area contributed by atoms with Crippen LogP contribution in [0.4, 0.5) is 30.2 Å². The molecule has 0 saturated heterocycles. The van der Waals surface area contributed by atoms with Crippen molar-refractivity contribution in [2.45, 2.75) is 36.5 Å². The molecule has 0 amide bonds. The number of nitrogens with one attached hydrogen (secondary N) is 2. The molecule has 1 spiro atoms. The molecule has 1 fully saturated rings. The quantitative estimate of drug-likeness (QED) is 0.484. The normalized spacial score (nSPS) is 21.8. The highest BCUT2D eigenvalue weighted by molar-refractivity contribution is 14.1. The summed E-state index contributed by atoms with van der Waals surface area (Å²) < 4.78 is 76.6. The van der Waals surface area contributed by atoms with Gasteiger partial charge < -0.3 is 15.2 Å². The van der Waals surface area contributed by atoms with Crippen LogP contribution in [0.5, 0.6) is 5.75 Å². The number of benzene rings is 2. The molecule has 1 aliphatic carbocycles. The Bertz CT molecular complexity index is 1110. The summed E-state index contributed by atoms with van der Waals surface area (Å²) in [5.41, 5.74) is -1.13. The largest absolute Gasteiger partial charge is 0.488 e. The first-order valence-corrected chi connectivity index (χ1v) is 11.8. The fraction of sp³-hybridized carbons (Fsp3) is 0.368. The van der Waals surface area contributed by atoms with E-state index in [1.165, 1.54) is 12.1 Å². The maximum Gasteiger partial charge on any atom is 0.238 e. The van der Waals surface area contributed by atoms with E-state index in [0.717, 1.165) is 0 Å². The van der Waals surface area contributed by atoms with Crippen LogP contribution in [0, 0.1) is 21.0 Å². The molecule has 1 heterocycles. The summed E-state index contributed by atoms with van der Waals surface area (Å²) >= 11 is 1.90. The van der Waals surface area contributed by atoms with E-state index in [-0.39, 0.29) is 36.6 Å². The molecule has 2 aromatic carbocycles. The van der Waals surface area contributed by atoms with Gasteiger partial charge in [-0.3, -0.25) is 4.72 Å². The predicted octanol–water partition coefficient (Wildman–Crippen LogP) is 4.26. The second-order valence-corrected chi connectivity index (χ2v) is 10.8. The summed E-state index contributed by atoms with van der Waals surface area (Å²) in [6, 6.07) is 4.78. The molecule has 1 saturated carbocycles. The van der Waals surface area contributed by atoms with Gasteiger partial charge in [-0.2, -0.15) is 0 Å². The highest BCUT2D eigenvalue weighted by atomic mass is 127. The first-order valence-electron chi connectivity index (χ1n) is 9.19. The molecule has 1 unspecified atom stereocenters. The van der Waals surface area contributed by atoms with Crippen LogP contribution in [0.15, 0.2) is 24.3 Å². The zero-order chi connectivity index (χ0) is 21.7. The molecule has 30 heavy (non-hydrogen) atoms. The molecule has 11 heteroatoms. The van der Waals surface area contributed by atoms with Gasteiger partial charge in [0.2, 0.25) is 10.0 Å². The summed E-state index contributed by atoms with van der Waals surface area (Å²) in [5.74, 6) is -3.73. The van der Waals surface area contributed by atoms with E-state index >= 15 is 0 Å². The molecule has 0 bridgehead atoms. The van der Waals surface area contributed by atoms with Gasteiger partial charge in [-0.1, -0.05) is 0 Å². The monoisotopic (exact) mass is 554 g/mol. The highest BCUT2D eigenvalue weighted by Gasteiger charge is 2.55. The van der Waals surface area contributed by atoms with E-state index in [2.05, 4.69) is 10.0 Å². The first kappa shape index (κ1) is 21.5. The van der Waals surface area contributed by atoms with E-state index < -0.39 is 44.0 Å². The van der Waals surface area contributed by atoms with Crippen LogP contribution >= 0.6 is 22.6 Å². The van der Waals surface area contributed by atoms with Gasteiger partial charge in [0.15, 0.2) is 11.6 Å². The lowest BCUT2D eigenvalue weighted by molar-refractivity contribution is 0.0973. The number of ether oxygens (including phenoxy) is 1. The van der Waals surface area contributed by atoms with E-state index in [1.807, 2.05) is 22.6 Å². The Morgan fingerprint density at radius 1 is 1.17 bits per heavy atom. The predicted molar refractivity (Wildman–Crippen MR) is 114 cm³/mol. The van der Waals surface area contributed by atoms with Gasteiger partial charge in [-0.25, -0.2) is 21.6 Å². The molecule has 0 radical (unpaired) electrons. The fourth-order valence-corrected chi connectivity index (χ4v) is 5.56. The number of halogens is 4. The van der Waals surface area contributed by atoms with Crippen molar-refractivity contribution >= 4 is 49.7 Å². The minimum atomic E-state index is -4.01. The van der Waals surface area contributed by atoms with E-state index in [9.17, 15) is 26.7 Å². The topological polar surface area (TPSA) is 87.7 Å². The second kappa shape index (κ2) is 7.75. The Labute approximate surface area is 185 Å². The molecular weight excluding hydrogens is 536 g/mol. The molecule has 1 aliphatic heterocycles. The summed E-state index contributed by atoms with van der Waals surface area (Å²) in [6.07, 6.45) is 0.216. The molecule has 162 valence electrons. The van der Waals surface area contributed by atoms with Gasteiger partial charge in [-0.15, -0.1) is 0 Å². The Morgan fingerprint density at radius 2 is 1.90 bits per heavy atom. The van der Waals surface area contributed by atoms with E-state index in [1.54, 1.807) is 6.07 Å². The number of aliphatic hydroxyl groups is 1. The van der Waals surface area contributed by atoms with Crippen molar-refractivity contribution in [3.05, 3.63) is 45.3 Å². The average molecular weight is 554 g/mol. The number of hydrogen-bond donors (Lipinski definition) is 3. The summed E-state index contributed by atoms with van der Waals surface area (Å²) in [6.45, 7) is -0.229. The van der Waals surface area contributed by atoms with Crippen LogP contribution in [0.1, 0.15) is 25.7 Å². The third-order valence-electron chi connectivity index (χ3n) is 5.35. The van der Waals surface area contributed by atoms with Crippen molar-refractivity contribution in [2.75, 3.05) is 16.6 Å². The minimum absolute atomic E-state index is 0.167. The van der Waals surface area contributed by atoms with Gasteiger partial charge in [-0.05, 0) is 66.5 Å². The third kappa shape index (κ3) is 3.94. The molecule has 1 atom stereocenters. The number of aliphatic hydroxyl groups excluding tert-OH is 1. The van der Waals surface area contributed by atoms with E-state index in [4.69, 9.17) is 4.74 Å². The molecule has 6 nitrogen and oxygen atoms in total. The lowest BCUT2D eigenvalue weighted by atomic mass is 10.1. The van der Waals surface area contributed by atoms with Gasteiger partial charge in [0.1, 0.15) is 29.5 Å². The summed E-state index contributed by atoms with van der Waals surface area (Å²) in [5, 5.41) is 12.6. The molecule has 2 aromatic rings. The SMILES string of the molecule is O=S1(=O)Nc2c(cc(F)c(F)c2Nc2ccc(I)cc2F)OCC(O)CCC12CC2. The van der Waals surface area contributed by atoms with Crippen LogP contribution in [-0.2, 0) is 10.0 Å². The van der Waals surface area contributed by atoms with Crippen molar-refractivity contribution in [3.8, 4) is 5.75 Å². The van der Waals surface area contributed by atoms with Crippen LogP contribution in [0.3, 0.4) is 0 Å². The number of anilines is 3. The number of hydrogen-bond acceptors (Lipinski definition) is 5. The van der Waals surface area contributed by atoms with Crippen molar-refractivity contribution in [2.24, 2.45) is 0 Å². The third-order valence-corrected chi connectivity index (χ3v) is 8.25. The average Bonchev–Trinajstić information content (AvgIpc) is 3.47. The first-order chi connectivity index (χ1) is 14.1. The molecule has 3 N–H and O–H groups in total. The second-order valence-electron chi connectivity index (χ2n) is 7.46. The number of fused-ring (bicyclic) bond motifs is 1. The van der Waals surface area contributed by atoms with Crippen LogP contribution in [0.2, 0.25) is 0 Å². The molecule has 0 aromatic heterocycles. The smallest absolute Gasteiger partial charge is 0.238 e. The van der Waals surface area contributed by atoms with E-state index in [0.29, 0.717) is 22.5 Å². The zero-order valence-electron chi connectivity index (χ0n) is 15.5. The lowest BCUT2D eigenvalue weighted by Gasteiger charge is -2.25. The van der Waals surface area contributed by atoms with Crippen molar-refractivity contribution in [1.29, 1.82) is 0 Å². The van der Waals surface area contributed by atoms with Gasteiger partial charge in [0, 0.05) is 9.64 Å². The van der Waals surface area contributed by atoms with Crippen molar-refractivity contribution in [1.82, 2.24) is 0 Å². The fourth-order valence-electron chi connectivity index (χ4n) is 3.40. The number of rotatable bonds is 2. The van der Waals surface area contributed by atoms with Crippen molar-refractivity contribution < 1.29 is 31.4 Å². The number of sulfonamides is 1. The standard InChI is InChI=1S/C19H18F3IN2O4S/c20-12-7-10(23)1-2-14(12)24-18-16(22)13(21)8-15-17(18)25-30(27,28)19(5-6-19)4-3-11(26)9-29-15/h1-2,7-8,11,24-26H,3-6,9H2. The molecule has 2 aliphatic rings. The lowest BCUT2D eigenvalue weighted by Crippen LogP contribution is -2.33. The van der Waals surface area contributed by atoms with Gasteiger partial charge in [0.25, 0.3) is 0 Å². The summed E-state index contributed by atoms with van der Waals surface area (Å²) in [4.78, 5) is 0. The Balaban J connectivity index is 1.85. The molecule has 4 rings (SSSR count). The maximum absolute atomic E-state index is 14.7. The molecular formula is C19H18F3IN2O4S. The minimum Gasteiger partial charge on any atom is -0.488 e. The Morgan fingerprint density at radius 3 is 2.57 bits per heavy atom. The summed E-state index contributed by atoms with van der Waals surface area (Å²) in [7, 11) is -4.01. The Hall–Kier alpha value is -1.73. The maximum atomic E-state index is 14.7. The van der Waals surface area contributed by atoms with Crippen LogP contribution in [-0.4, -0.2) is 31.0 Å².